The first-order valence-corrected chi connectivity index (χ1v) is 5.28. The van der Waals surface area contributed by atoms with Crippen LogP contribution in [0.4, 0.5) is 0 Å². The molecule has 0 aliphatic heterocycles. The summed E-state index contributed by atoms with van der Waals surface area (Å²) in [5, 5.41) is 18.4. The van der Waals surface area contributed by atoms with Crippen LogP contribution in [0, 0.1) is 0 Å². The van der Waals surface area contributed by atoms with Gasteiger partial charge in [0.25, 0.3) is 0 Å². The van der Waals surface area contributed by atoms with E-state index in [4.69, 9.17) is 9.84 Å². The lowest BCUT2D eigenvalue weighted by Crippen LogP contribution is -2.19. The molecule has 0 saturated heterocycles. The second kappa shape index (κ2) is 5.90. The van der Waals surface area contributed by atoms with Gasteiger partial charge in [0.15, 0.2) is 6.61 Å². The number of phenolic OH excluding ortho intramolecular Hbond substituents is 2. The molecule has 6 heteroatoms. The monoisotopic (exact) mass is 254 g/mol. The summed E-state index contributed by atoms with van der Waals surface area (Å²) in [5.41, 5.74) is -0.134. The molecule has 1 rings (SSSR count). The second-order valence-electron chi connectivity index (χ2n) is 3.82. The Morgan fingerprint density at radius 3 is 2.50 bits per heavy atom. The highest BCUT2D eigenvalue weighted by atomic mass is 16.6. The second-order valence-corrected chi connectivity index (χ2v) is 3.82. The predicted octanol–water partition coefficient (Wildman–Crippen LogP) is 1.21. The fourth-order valence-corrected chi connectivity index (χ4v) is 1.19. The fraction of sp³-hybridized carbons (Fsp3) is 0.333. The molecule has 98 valence electrons. The van der Waals surface area contributed by atoms with E-state index in [9.17, 15) is 14.7 Å². The molecular formula is C12H14O6. The zero-order chi connectivity index (χ0) is 13.7. The molecule has 0 aromatic heterocycles. The van der Waals surface area contributed by atoms with Gasteiger partial charge < -0.3 is 19.7 Å². The largest absolute Gasteiger partial charge is 0.508 e. The first-order valence-electron chi connectivity index (χ1n) is 5.28. The van der Waals surface area contributed by atoms with E-state index in [1.807, 2.05) is 0 Å². The maximum Gasteiger partial charge on any atom is 0.344 e. The van der Waals surface area contributed by atoms with Gasteiger partial charge in [0.2, 0.25) is 0 Å². The first-order chi connectivity index (χ1) is 8.40. The maximum absolute atomic E-state index is 11.5. The molecule has 0 aliphatic carbocycles. The quantitative estimate of drug-likeness (QED) is 0.784. The summed E-state index contributed by atoms with van der Waals surface area (Å²) in [6.07, 6.45) is -0.293. The van der Waals surface area contributed by atoms with E-state index in [2.05, 4.69) is 4.74 Å². The van der Waals surface area contributed by atoms with Gasteiger partial charge in [0.05, 0.1) is 6.10 Å². The Morgan fingerprint density at radius 2 is 1.94 bits per heavy atom. The third-order valence-electron chi connectivity index (χ3n) is 1.89. The molecule has 2 N–H and O–H groups in total. The molecule has 0 spiro atoms. The molecule has 0 bridgehead atoms. The molecule has 1 aromatic carbocycles. The average molecular weight is 254 g/mol. The summed E-state index contributed by atoms with van der Waals surface area (Å²) in [4.78, 5) is 22.6. The molecule has 0 saturated carbocycles. The van der Waals surface area contributed by atoms with E-state index < -0.39 is 24.3 Å². The van der Waals surface area contributed by atoms with Gasteiger partial charge in [-0.15, -0.1) is 0 Å². The van der Waals surface area contributed by atoms with Crippen molar-refractivity contribution in [2.75, 3.05) is 6.61 Å². The molecule has 0 atom stereocenters. The summed E-state index contributed by atoms with van der Waals surface area (Å²) in [5.74, 6) is -2.13. The van der Waals surface area contributed by atoms with E-state index in [0.717, 1.165) is 6.07 Å². The highest BCUT2D eigenvalue weighted by molar-refractivity contribution is 5.93. The fourth-order valence-electron chi connectivity index (χ4n) is 1.19. The maximum atomic E-state index is 11.5. The number of rotatable bonds is 4. The van der Waals surface area contributed by atoms with Crippen LogP contribution in [0.5, 0.6) is 11.5 Å². The average Bonchev–Trinajstić information content (AvgIpc) is 2.25. The highest BCUT2D eigenvalue weighted by Crippen LogP contribution is 2.23. The topological polar surface area (TPSA) is 93.1 Å². The molecular weight excluding hydrogens is 240 g/mol. The van der Waals surface area contributed by atoms with Crippen molar-refractivity contribution >= 4 is 11.9 Å². The summed E-state index contributed by atoms with van der Waals surface area (Å²) >= 11 is 0. The van der Waals surface area contributed by atoms with Gasteiger partial charge >= 0.3 is 11.9 Å². The van der Waals surface area contributed by atoms with Gasteiger partial charge in [-0.1, -0.05) is 0 Å². The minimum atomic E-state index is -0.867. The lowest BCUT2D eigenvalue weighted by Gasteiger charge is -2.09. The highest BCUT2D eigenvalue weighted by Gasteiger charge is 2.15. The van der Waals surface area contributed by atoms with Crippen LogP contribution in [0.15, 0.2) is 18.2 Å². The van der Waals surface area contributed by atoms with Crippen molar-refractivity contribution in [1.29, 1.82) is 0 Å². The Kier molecular flexibility index (Phi) is 4.53. The van der Waals surface area contributed by atoms with Gasteiger partial charge in [-0.05, 0) is 26.0 Å². The van der Waals surface area contributed by atoms with Crippen LogP contribution in [-0.4, -0.2) is 34.9 Å². The van der Waals surface area contributed by atoms with Crippen molar-refractivity contribution in [3.63, 3.8) is 0 Å². The zero-order valence-electron chi connectivity index (χ0n) is 10.0. The Labute approximate surface area is 104 Å². The molecule has 0 amide bonds. The molecule has 0 radical (unpaired) electrons. The van der Waals surface area contributed by atoms with Crippen molar-refractivity contribution in [2.24, 2.45) is 0 Å². The molecule has 0 heterocycles. The zero-order valence-corrected chi connectivity index (χ0v) is 10.0. The standard InChI is InChI=1S/C12H14O6/c1-7(2)18-11(15)6-17-12(16)9-4-3-8(13)5-10(9)14/h3-5,7,13-14H,6H2,1-2H3. The van der Waals surface area contributed by atoms with Crippen LogP contribution in [-0.2, 0) is 14.3 Å². The van der Waals surface area contributed by atoms with Crippen LogP contribution < -0.4 is 0 Å². The van der Waals surface area contributed by atoms with Crippen molar-refractivity contribution in [1.82, 2.24) is 0 Å². The summed E-state index contributed by atoms with van der Waals surface area (Å²) in [6.45, 7) is 2.81. The number of phenols is 2. The SMILES string of the molecule is CC(C)OC(=O)COC(=O)c1ccc(O)cc1O. The Bertz CT molecular complexity index is 452. The van der Waals surface area contributed by atoms with Crippen LogP contribution in [0.1, 0.15) is 24.2 Å². The van der Waals surface area contributed by atoms with E-state index in [-0.39, 0.29) is 17.4 Å². The Morgan fingerprint density at radius 1 is 1.28 bits per heavy atom. The lowest BCUT2D eigenvalue weighted by atomic mass is 10.2. The number of ether oxygens (including phenoxy) is 2. The third-order valence-corrected chi connectivity index (χ3v) is 1.89. The number of benzene rings is 1. The smallest absolute Gasteiger partial charge is 0.344 e. The van der Waals surface area contributed by atoms with E-state index in [1.54, 1.807) is 13.8 Å². The van der Waals surface area contributed by atoms with Crippen molar-refractivity contribution in [2.45, 2.75) is 20.0 Å². The van der Waals surface area contributed by atoms with E-state index in [1.165, 1.54) is 12.1 Å². The van der Waals surface area contributed by atoms with Gasteiger partial charge in [0.1, 0.15) is 17.1 Å². The Balaban J connectivity index is 2.58. The summed E-state index contributed by atoms with van der Waals surface area (Å²) in [6, 6.07) is 3.42. The van der Waals surface area contributed by atoms with Gasteiger partial charge in [-0.2, -0.15) is 0 Å². The molecule has 1 aromatic rings. The van der Waals surface area contributed by atoms with E-state index >= 15 is 0 Å². The molecule has 0 fully saturated rings. The number of carbonyl (C=O) groups excluding carboxylic acids is 2. The molecule has 0 unspecified atom stereocenters. The van der Waals surface area contributed by atoms with Crippen molar-refractivity contribution in [3.8, 4) is 11.5 Å². The van der Waals surface area contributed by atoms with Crippen molar-refractivity contribution in [3.05, 3.63) is 23.8 Å². The van der Waals surface area contributed by atoms with Gasteiger partial charge in [0, 0.05) is 6.07 Å². The van der Waals surface area contributed by atoms with Crippen molar-refractivity contribution < 1.29 is 29.3 Å². The molecule has 6 nitrogen and oxygen atoms in total. The van der Waals surface area contributed by atoms with Crippen LogP contribution in [0.3, 0.4) is 0 Å². The number of hydrogen-bond donors (Lipinski definition) is 2. The summed E-state index contributed by atoms with van der Waals surface area (Å²) < 4.78 is 9.42. The van der Waals surface area contributed by atoms with Crippen LogP contribution >= 0.6 is 0 Å². The number of aromatic hydroxyl groups is 2. The van der Waals surface area contributed by atoms with Crippen LogP contribution in [0.2, 0.25) is 0 Å². The minimum absolute atomic E-state index is 0.134. The molecule has 18 heavy (non-hydrogen) atoms. The first kappa shape index (κ1) is 13.8. The van der Waals surface area contributed by atoms with Gasteiger partial charge in [-0.25, -0.2) is 9.59 Å². The number of esters is 2. The number of hydrogen-bond acceptors (Lipinski definition) is 6. The lowest BCUT2D eigenvalue weighted by molar-refractivity contribution is -0.150. The van der Waals surface area contributed by atoms with E-state index in [0.29, 0.717) is 0 Å². The summed E-state index contributed by atoms with van der Waals surface area (Å²) in [7, 11) is 0. The Hall–Kier alpha value is -2.24. The van der Waals surface area contributed by atoms with Crippen LogP contribution in [0.25, 0.3) is 0 Å². The number of carbonyl (C=O) groups is 2. The normalized spacial score (nSPS) is 10.2. The van der Waals surface area contributed by atoms with Gasteiger partial charge in [-0.3, -0.25) is 0 Å². The minimum Gasteiger partial charge on any atom is -0.508 e. The molecule has 0 aliphatic rings. The predicted molar refractivity (Wildman–Crippen MR) is 61.3 cm³/mol. The third kappa shape index (κ3) is 3.97.